The van der Waals surface area contributed by atoms with Crippen molar-refractivity contribution in [2.24, 2.45) is 14.1 Å². The number of nitrogens with zero attached hydrogens (tertiary/aromatic N) is 4. The van der Waals surface area contributed by atoms with E-state index >= 15 is 0 Å². The average molecular weight is 478 g/mol. The number of carbonyl (C=O) groups excluding carboxylic acids is 1. The molecule has 9 nitrogen and oxygen atoms in total. The van der Waals surface area contributed by atoms with Crippen molar-refractivity contribution in [3.63, 3.8) is 0 Å². The second-order valence-corrected chi connectivity index (χ2v) is 8.55. The van der Waals surface area contributed by atoms with Crippen molar-refractivity contribution in [1.82, 2.24) is 18.7 Å². The molecule has 0 atom stereocenters. The number of imidazole rings is 1. The molecule has 182 valence electrons. The van der Waals surface area contributed by atoms with Crippen LogP contribution >= 0.6 is 0 Å². The first-order valence-corrected chi connectivity index (χ1v) is 10.9. The summed E-state index contributed by atoms with van der Waals surface area (Å²) in [6.45, 7) is -0.661. The number of nitrogens with one attached hydrogen (secondary N) is 2. The maximum absolute atomic E-state index is 13.3. The highest BCUT2D eigenvalue weighted by Crippen LogP contribution is 2.35. The molecular formula is C22H25F3N6O3. The molecule has 12 heteroatoms. The maximum Gasteiger partial charge on any atom is 0.416 e. The number of aryl methyl sites for hydroxylation is 2. The van der Waals surface area contributed by atoms with Gasteiger partial charge < -0.3 is 15.2 Å². The van der Waals surface area contributed by atoms with Crippen molar-refractivity contribution in [3.8, 4) is 0 Å². The lowest BCUT2D eigenvalue weighted by Gasteiger charge is -2.25. The Kier molecular flexibility index (Phi) is 6.24. The smallest absolute Gasteiger partial charge is 0.381 e. The van der Waals surface area contributed by atoms with E-state index in [9.17, 15) is 27.6 Å². The summed E-state index contributed by atoms with van der Waals surface area (Å²) >= 11 is 0. The molecule has 1 fully saturated rings. The molecule has 0 unspecified atom stereocenters. The second kappa shape index (κ2) is 8.99. The number of benzene rings is 1. The number of anilines is 2. The third-order valence-electron chi connectivity index (χ3n) is 6.09. The first-order valence-electron chi connectivity index (χ1n) is 10.9. The van der Waals surface area contributed by atoms with Crippen molar-refractivity contribution in [2.45, 2.75) is 50.9 Å². The van der Waals surface area contributed by atoms with Crippen molar-refractivity contribution >= 4 is 28.4 Å². The summed E-state index contributed by atoms with van der Waals surface area (Å²) in [5.41, 5.74) is -1.78. The molecular weight excluding hydrogens is 453 g/mol. The molecule has 1 aromatic carbocycles. The molecule has 0 aliphatic heterocycles. The molecule has 0 radical (unpaired) electrons. The van der Waals surface area contributed by atoms with Crippen LogP contribution < -0.4 is 21.9 Å². The lowest BCUT2D eigenvalue weighted by atomic mass is 9.95. The Morgan fingerprint density at radius 2 is 1.82 bits per heavy atom. The SMILES string of the molecule is Cn1cnc2c1c(=O)n(CC(=O)Nc1cc(C(F)(F)F)ccc1NC1CCCCC1)c(=O)n2C. The van der Waals surface area contributed by atoms with E-state index in [1.807, 2.05) is 0 Å². The van der Waals surface area contributed by atoms with E-state index < -0.39 is 35.4 Å². The van der Waals surface area contributed by atoms with Gasteiger partial charge in [0, 0.05) is 20.1 Å². The largest absolute Gasteiger partial charge is 0.416 e. The van der Waals surface area contributed by atoms with Gasteiger partial charge in [0.2, 0.25) is 5.91 Å². The Morgan fingerprint density at radius 3 is 2.50 bits per heavy atom. The fourth-order valence-electron chi connectivity index (χ4n) is 4.29. The lowest BCUT2D eigenvalue weighted by Crippen LogP contribution is -2.42. The fraction of sp³-hybridized carbons (Fsp3) is 0.455. The summed E-state index contributed by atoms with van der Waals surface area (Å²) in [6.07, 6.45) is 1.68. The summed E-state index contributed by atoms with van der Waals surface area (Å²) in [5.74, 6) is -0.799. The molecule has 0 saturated heterocycles. The van der Waals surface area contributed by atoms with Crippen LogP contribution in [0, 0.1) is 0 Å². The van der Waals surface area contributed by atoms with Crippen molar-refractivity contribution in [2.75, 3.05) is 10.6 Å². The fourth-order valence-corrected chi connectivity index (χ4v) is 4.29. The van der Waals surface area contributed by atoms with Gasteiger partial charge in [0.1, 0.15) is 6.54 Å². The maximum atomic E-state index is 13.3. The number of amides is 1. The summed E-state index contributed by atoms with van der Waals surface area (Å²) in [4.78, 5) is 42.3. The number of hydrogen-bond donors (Lipinski definition) is 2. The molecule has 1 saturated carbocycles. The van der Waals surface area contributed by atoms with Crippen LogP contribution in [0.4, 0.5) is 24.5 Å². The minimum Gasteiger partial charge on any atom is -0.381 e. The van der Waals surface area contributed by atoms with Crippen LogP contribution in [0.1, 0.15) is 37.7 Å². The summed E-state index contributed by atoms with van der Waals surface area (Å²) in [6, 6.07) is 3.19. The molecule has 2 heterocycles. The van der Waals surface area contributed by atoms with Crippen molar-refractivity contribution in [1.29, 1.82) is 0 Å². The molecule has 4 rings (SSSR count). The molecule has 2 aromatic heterocycles. The van der Waals surface area contributed by atoms with E-state index in [-0.39, 0.29) is 22.9 Å². The Labute approximate surface area is 192 Å². The third kappa shape index (κ3) is 4.57. The molecule has 0 bridgehead atoms. The summed E-state index contributed by atoms with van der Waals surface area (Å²) < 4.78 is 43.3. The van der Waals surface area contributed by atoms with E-state index in [2.05, 4.69) is 15.6 Å². The van der Waals surface area contributed by atoms with Gasteiger partial charge in [0.25, 0.3) is 5.56 Å². The molecule has 34 heavy (non-hydrogen) atoms. The van der Waals surface area contributed by atoms with Gasteiger partial charge in [-0.1, -0.05) is 19.3 Å². The third-order valence-corrected chi connectivity index (χ3v) is 6.09. The van der Waals surface area contributed by atoms with Gasteiger partial charge >= 0.3 is 11.9 Å². The topological polar surface area (TPSA) is 103 Å². The quantitative estimate of drug-likeness (QED) is 0.587. The van der Waals surface area contributed by atoms with Crippen molar-refractivity contribution < 1.29 is 18.0 Å². The Balaban J connectivity index is 1.65. The lowest BCUT2D eigenvalue weighted by molar-refractivity contribution is -0.137. The zero-order valence-corrected chi connectivity index (χ0v) is 18.8. The number of alkyl halides is 3. The van der Waals surface area contributed by atoms with Crippen LogP contribution in [0.5, 0.6) is 0 Å². The number of halogens is 3. The van der Waals surface area contributed by atoms with Crippen LogP contribution in [0.25, 0.3) is 11.2 Å². The van der Waals surface area contributed by atoms with E-state index in [4.69, 9.17) is 0 Å². The highest BCUT2D eigenvalue weighted by atomic mass is 19.4. The molecule has 1 aliphatic carbocycles. The molecule has 2 N–H and O–H groups in total. The van der Waals surface area contributed by atoms with E-state index in [0.717, 1.165) is 53.4 Å². The number of rotatable bonds is 5. The Hall–Kier alpha value is -3.57. The predicted octanol–water partition coefficient (Wildman–Crippen LogP) is 2.84. The van der Waals surface area contributed by atoms with Crippen LogP contribution in [0.15, 0.2) is 34.1 Å². The molecule has 1 amide bonds. The normalized spacial score (nSPS) is 15.0. The van der Waals surface area contributed by atoms with Gasteiger partial charge in [0.05, 0.1) is 23.3 Å². The number of carbonyl (C=O) groups is 1. The van der Waals surface area contributed by atoms with E-state index in [1.54, 1.807) is 7.05 Å². The van der Waals surface area contributed by atoms with Gasteiger partial charge in [-0.15, -0.1) is 0 Å². The van der Waals surface area contributed by atoms with Crippen LogP contribution in [0.3, 0.4) is 0 Å². The standard InChI is InChI=1S/C22H25F3N6O3/c1-29-12-26-19-18(29)20(33)31(21(34)30(19)2)11-17(32)28-16-10-13(22(23,24)25)8-9-15(16)27-14-6-4-3-5-7-14/h8-10,12,14,27H,3-7,11H2,1-2H3,(H,28,32). The van der Waals surface area contributed by atoms with Gasteiger partial charge in [-0.3, -0.25) is 14.2 Å². The summed E-state index contributed by atoms with van der Waals surface area (Å²) in [7, 11) is 3.00. The monoisotopic (exact) mass is 478 g/mol. The summed E-state index contributed by atoms with van der Waals surface area (Å²) in [5, 5.41) is 5.69. The van der Waals surface area contributed by atoms with E-state index in [0.29, 0.717) is 5.69 Å². The van der Waals surface area contributed by atoms with Crippen LogP contribution in [-0.4, -0.2) is 30.6 Å². The predicted molar refractivity (Wildman–Crippen MR) is 121 cm³/mol. The number of fused-ring (bicyclic) bond motifs is 1. The van der Waals surface area contributed by atoms with Crippen LogP contribution in [0.2, 0.25) is 0 Å². The van der Waals surface area contributed by atoms with Gasteiger partial charge in [0.15, 0.2) is 11.2 Å². The minimum atomic E-state index is -4.60. The molecule has 0 spiro atoms. The Bertz CT molecular complexity index is 1350. The molecule has 1 aliphatic rings. The second-order valence-electron chi connectivity index (χ2n) is 8.55. The highest BCUT2D eigenvalue weighted by molar-refractivity contribution is 5.94. The zero-order chi connectivity index (χ0) is 24.6. The number of hydrogen-bond acceptors (Lipinski definition) is 5. The first-order chi connectivity index (χ1) is 16.1. The van der Waals surface area contributed by atoms with Gasteiger partial charge in [-0.25, -0.2) is 14.3 Å². The first kappa shape index (κ1) is 23.6. The minimum absolute atomic E-state index is 0.0584. The number of aromatic nitrogens is 4. The van der Waals surface area contributed by atoms with Gasteiger partial charge in [-0.05, 0) is 31.0 Å². The van der Waals surface area contributed by atoms with Gasteiger partial charge in [-0.2, -0.15) is 13.2 Å². The highest BCUT2D eigenvalue weighted by Gasteiger charge is 2.31. The average Bonchev–Trinajstić information content (AvgIpc) is 3.18. The Morgan fingerprint density at radius 1 is 1.12 bits per heavy atom. The zero-order valence-electron chi connectivity index (χ0n) is 18.8. The van der Waals surface area contributed by atoms with Crippen molar-refractivity contribution in [3.05, 3.63) is 50.9 Å². The van der Waals surface area contributed by atoms with Crippen LogP contribution in [-0.2, 0) is 31.6 Å². The molecule has 3 aromatic rings. The van der Waals surface area contributed by atoms with E-state index in [1.165, 1.54) is 24.0 Å².